The number of pyridine rings is 1. The van der Waals surface area contributed by atoms with Gasteiger partial charge in [-0.25, -0.2) is 0 Å². The van der Waals surface area contributed by atoms with E-state index < -0.39 is 5.91 Å². The van der Waals surface area contributed by atoms with E-state index in [0.29, 0.717) is 5.56 Å². The lowest BCUT2D eigenvalue weighted by molar-refractivity contribution is 0.1000. The highest BCUT2D eigenvalue weighted by Crippen LogP contribution is 2.01. The average molecular weight is 164 g/mol. The summed E-state index contributed by atoms with van der Waals surface area (Å²) in [7, 11) is 0. The monoisotopic (exact) mass is 164 g/mol. The number of nitrogens with two attached hydrogens (primary N) is 1. The molecule has 0 saturated carbocycles. The van der Waals surface area contributed by atoms with Crippen LogP contribution in [0.15, 0.2) is 18.3 Å². The highest BCUT2D eigenvalue weighted by Gasteiger charge is 2.04. The molecular weight excluding hydrogens is 156 g/mol. The van der Waals surface area contributed by atoms with Crippen molar-refractivity contribution >= 4 is 11.7 Å². The van der Waals surface area contributed by atoms with Gasteiger partial charge in [0.15, 0.2) is 5.78 Å². The molecule has 0 unspecified atom stereocenters. The van der Waals surface area contributed by atoms with Crippen molar-refractivity contribution in [2.45, 2.75) is 6.92 Å². The summed E-state index contributed by atoms with van der Waals surface area (Å²) in [6.07, 6.45) is 1.39. The number of primary amides is 1. The Morgan fingerprint density at radius 2 is 2.17 bits per heavy atom. The number of hydrogen-bond donors (Lipinski definition) is 1. The number of carbonyl (C=O) groups excluding carboxylic acids is 2. The maximum Gasteiger partial charge on any atom is 0.248 e. The molecule has 0 fully saturated rings. The minimum absolute atomic E-state index is 0.182. The van der Waals surface area contributed by atoms with E-state index in [1.807, 2.05) is 0 Å². The van der Waals surface area contributed by atoms with Crippen LogP contribution in [0.1, 0.15) is 27.8 Å². The van der Waals surface area contributed by atoms with Crippen LogP contribution in [0.4, 0.5) is 0 Å². The third-order valence-electron chi connectivity index (χ3n) is 1.41. The number of carbonyl (C=O) groups is 2. The third-order valence-corrected chi connectivity index (χ3v) is 1.41. The molecule has 0 saturated heterocycles. The molecule has 1 rings (SSSR count). The van der Waals surface area contributed by atoms with E-state index in [1.165, 1.54) is 25.3 Å². The van der Waals surface area contributed by atoms with Gasteiger partial charge >= 0.3 is 0 Å². The van der Waals surface area contributed by atoms with E-state index in [-0.39, 0.29) is 11.5 Å². The van der Waals surface area contributed by atoms with Crippen LogP contribution >= 0.6 is 0 Å². The zero-order valence-electron chi connectivity index (χ0n) is 6.57. The van der Waals surface area contributed by atoms with Crippen LogP contribution in [0.25, 0.3) is 0 Å². The van der Waals surface area contributed by atoms with Gasteiger partial charge in [0.05, 0.1) is 0 Å². The number of hydrogen-bond acceptors (Lipinski definition) is 3. The smallest absolute Gasteiger partial charge is 0.248 e. The first-order valence-electron chi connectivity index (χ1n) is 3.38. The van der Waals surface area contributed by atoms with Crippen molar-refractivity contribution in [3.05, 3.63) is 29.6 Å². The number of Topliss-reactive ketones (excluding diaryl/α,β-unsaturated/α-hetero) is 1. The van der Waals surface area contributed by atoms with E-state index in [4.69, 9.17) is 5.73 Å². The van der Waals surface area contributed by atoms with Gasteiger partial charge in [-0.3, -0.25) is 14.6 Å². The fourth-order valence-electron chi connectivity index (χ4n) is 0.776. The lowest BCUT2D eigenvalue weighted by Crippen LogP contribution is -2.12. The molecule has 2 N–H and O–H groups in total. The summed E-state index contributed by atoms with van der Waals surface area (Å²) in [4.78, 5) is 25.2. The van der Waals surface area contributed by atoms with Crippen LogP contribution < -0.4 is 5.73 Å². The van der Waals surface area contributed by atoms with E-state index in [9.17, 15) is 9.59 Å². The molecule has 1 heterocycles. The van der Waals surface area contributed by atoms with Crippen molar-refractivity contribution in [2.75, 3.05) is 0 Å². The Hall–Kier alpha value is -1.71. The molecular formula is C8H8N2O2. The molecule has 1 aromatic rings. The first-order chi connectivity index (χ1) is 5.61. The molecule has 4 nitrogen and oxygen atoms in total. The topological polar surface area (TPSA) is 73.1 Å². The normalized spacial score (nSPS) is 9.42. The molecule has 4 heteroatoms. The van der Waals surface area contributed by atoms with E-state index in [2.05, 4.69) is 4.98 Å². The first kappa shape index (κ1) is 8.39. The van der Waals surface area contributed by atoms with Gasteiger partial charge in [-0.2, -0.15) is 0 Å². The maximum absolute atomic E-state index is 10.8. The predicted octanol–water partition coefficient (Wildman–Crippen LogP) is 0.383. The van der Waals surface area contributed by atoms with Gasteiger partial charge in [0.2, 0.25) is 5.91 Å². The number of amides is 1. The second-order valence-electron chi connectivity index (χ2n) is 2.35. The van der Waals surface area contributed by atoms with Crippen molar-refractivity contribution in [2.24, 2.45) is 5.73 Å². The van der Waals surface area contributed by atoms with Crippen LogP contribution in [0, 0.1) is 0 Å². The number of nitrogens with zero attached hydrogens (tertiary/aromatic N) is 1. The Kier molecular flexibility index (Phi) is 2.19. The lowest BCUT2D eigenvalue weighted by Gasteiger charge is -1.96. The zero-order valence-corrected chi connectivity index (χ0v) is 6.57. The Bertz CT molecular complexity index is 304. The molecule has 0 bridgehead atoms. The van der Waals surface area contributed by atoms with Gasteiger partial charge in [-0.05, 0) is 12.1 Å². The fraction of sp³-hybridized carbons (Fsp3) is 0.125. The maximum atomic E-state index is 10.8. The summed E-state index contributed by atoms with van der Waals surface area (Å²) in [6, 6.07) is 2.85. The molecule has 0 radical (unpaired) electrons. The van der Waals surface area contributed by atoms with Gasteiger partial charge in [0.1, 0.15) is 5.69 Å². The van der Waals surface area contributed by atoms with Gasteiger partial charge in [-0.15, -0.1) is 0 Å². The molecule has 0 atom stereocenters. The Morgan fingerprint density at radius 1 is 1.50 bits per heavy atom. The molecule has 0 aliphatic carbocycles. The minimum atomic E-state index is -0.556. The molecule has 0 aliphatic heterocycles. The molecule has 0 aliphatic rings. The number of rotatable bonds is 2. The standard InChI is InChI=1S/C8H8N2O2/c1-5(11)7-4-6(8(9)12)2-3-10-7/h2-4H,1H3,(H2,9,12). The summed E-state index contributed by atoms with van der Waals surface area (Å²) >= 11 is 0. The van der Waals surface area contributed by atoms with Crippen LogP contribution in [0.2, 0.25) is 0 Å². The molecule has 0 aromatic carbocycles. The van der Waals surface area contributed by atoms with Gasteiger partial charge in [0, 0.05) is 18.7 Å². The van der Waals surface area contributed by atoms with Crippen molar-refractivity contribution in [1.82, 2.24) is 4.98 Å². The van der Waals surface area contributed by atoms with Gasteiger partial charge < -0.3 is 5.73 Å². The van der Waals surface area contributed by atoms with Crippen molar-refractivity contribution in [3.8, 4) is 0 Å². The third kappa shape index (κ3) is 1.66. The number of ketones is 1. The lowest BCUT2D eigenvalue weighted by atomic mass is 10.2. The van der Waals surface area contributed by atoms with Crippen LogP contribution in [-0.4, -0.2) is 16.7 Å². The van der Waals surface area contributed by atoms with E-state index in [1.54, 1.807) is 0 Å². The minimum Gasteiger partial charge on any atom is -0.366 e. The summed E-state index contributed by atoms with van der Waals surface area (Å²) in [5.41, 5.74) is 5.56. The van der Waals surface area contributed by atoms with Crippen LogP contribution in [0.3, 0.4) is 0 Å². The SMILES string of the molecule is CC(=O)c1cc(C(N)=O)ccn1. The van der Waals surface area contributed by atoms with E-state index in [0.717, 1.165) is 0 Å². The second-order valence-corrected chi connectivity index (χ2v) is 2.35. The van der Waals surface area contributed by atoms with Crippen molar-refractivity contribution in [1.29, 1.82) is 0 Å². The predicted molar refractivity (Wildman–Crippen MR) is 42.8 cm³/mol. The summed E-state index contributed by atoms with van der Waals surface area (Å²) in [5, 5.41) is 0. The van der Waals surface area contributed by atoms with Gasteiger partial charge in [0.25, 0.3) is 0 Å². The summed E-state index contributed by atoms with van der Waals surface area (Å²) < 4.78 is 0. The molecule has 1 amide bonds. The Morgan fingerprint density at radius 3 is 2.67 bits per heavy atom. The van der Waals surface area contributed by atoms with Gasteiger partial charge in [-0.1, -0.05) is 0 Å². The summed E-state index contributed by atoms with van der Waals surface area (Å²) in [5.74, 6) is -0.738. The molecule has 0 spiro atoms. The second kappa shape index (κ2) is 3.13. The van der Waals surface area contributed by atoms with Crippen molar-refractivity contribution < 1.29 is 9.59 Å². The molecule has 1 aromatic heterocycles. The number of aromatic nitrogens is 1. The van der Waals surface area contributed by atoms with Crippen LogP contribution in [-0.2, 0) is 0 Å². The highest BCUT2D eigenvalue weighted by atomic mass is 16.1. The van der Waals surface area contributed by atoms with Crippen molar-refractivity contribution in [3.63, 3.8) is 0 Å². The van der Waals surface area contributed by atoms with Crippen LogP contribution in [0.5, 0.6) is 0 Å². The average Bonchev–Trinajstić information content (AvgIpc) is 2.04. The quantitative estimate of drug-likeness (QED) is 0.642. The summed E-state index contributed by atoms with van der Waals surface area (Å²) in [6.45, 7) is 1.38. The zero-order chi connectivity index (χ0) is 9.14. The Balaban J connectivity index is 3.12. The highest BCUT2D eigenvalue weighted by molar-refractivity contribution is 5.97. The molecule has 62 valence electrons. The Labute approximate surface area is 69.4 Å². The molecule has 12 heavy (non-hydrogen) atoms. The first-order valence-corrected chi connectivity index (χ1v) is 3.38. The van der Waals surface area contributed by atoms with E-state index >= 15 is 0 Å². The fourth-order valence-corrected chi connectivity index (χ4v) is 0.776. The largest absolute Gasteiger partial charge is 0.366 e.